The van der Waals surface area contributed by atoms with E-state index in [-0.39, 0.29) is 29.8 Å². The number of amides is 2. The number of benzene rings is 4. The van der Waals surface area contributed by atoms with Crippen molar-refractivity contribution in [1.82, 2.24) is 10.2 Å². The smallest absolute Gasteiger partial charge is 0.264 e. The highest BCUT2D eigenvalue weighted by Crippen LogP contribution is 2.26. The molecule has 0 radical (unpaired) electrons. The van der Waals surface area contributed by atoms with Gasteiger partial charge in [-0.05, 0) is 74.7 Å². The van der Waals surface area contributed by atoms with Crippen LogP contribution in [0.5, 0.6) is 0 Å². The van der Waals surface area contributed by atoms with Crippen LogP contribution in [0.15, 0.2) is 108 Å². The fourth-order valence-electron chi connectivity index (χ4n) is 4.90. The third-order valence-electron chi connectivity index (χ3n) is 7.72. The third-order valence-corrected chi connectivity index (χ3v) is 9.75. The molecule has 1 N–H and O–H groups in total. The van der Waals surface area contributed by atoms with Gasteiger partial charge in [-0.25, -0.2) is 8.42 Å². The van der Waals surface area contributed by atoms with Crippen LogP contribution in [0.3, 0.4) is 0 Å². The van der Waals surface area contributed by atoms with E-state index in [2.05, 4.69) is 5.32 Å². The molecule has 0 aromatic heterocycles. The summed E-state index contributed by atoms with van der Waals surface area (Å²) in [7, 11) is -4.16. The third kappa shape index (κ3) is 8.96. The molecule has 45 heavy (non-hydrogen) atoms. The molecule has 4 aromatic rings. The van der Waals surface area contributed by atoms with Crippen molar-refractivity contribution < 1.29 is 18.0 Å². The number of nitrogens with one attached hydrogen (secondary N) is 1. The van der Waals surface area contributed by atoms with Crippen molar-refractivity contribution in [2.45, 2.75) is 64.1 Å². The SMILES string of the molecule is CCC(C)NC(=O)C(Cc1ccccc1)N(Cc1cccc(Cl)c1)C(=O)CN(c1ccc(C)cc1)S(=O)(=O)c1ccc(C)cc1. The van der Waals surface area contributed by atoms with Crippen molar-refractivity contribution in [3.63, 3.8) is 0 Å². The van der Waals surface area contributed by atoms with Gasteiger partial charge in [-0.15, -0.1) is 0 Å². The van der Waals surface area contributed by atoms with E-state index in [1.54, 1.807) is 54.6 Å². The van der Waals surface area contributed by atoms with Crippen molar-refractivity contribution in [1.29, 1.82) is 0 Å². The van der Waals surface area contributed by atoms with Crippen molar-refractivity contribution in [2.75, 3.05) is 10.8 Å². The van der Waals surface area contributed by atoms with Crippen LogP contribution in [-0.2, 0) is 32.6 Å². The van der Waals surface area contributed by atoms with Crippen LogP contribution in [0, 0.1) is 13.8 Å². The van der Waals surface area contributed by atoms with Gasteiger partial charge in [0.05, 0.1) is 10.6 Å². The zero-order valence-electron chi connectivity index (χ0n) is 26.1. The van der Waals surface area contributed by atoms with Gasteiger partial charge in [0.25, 0.3) is 10.0 Å². The fourth-order valence-corrected chi connectivity index (χ4v) is 6.53. The van der Waals surface area contributed by atoms with Gasteiger partial charge in [0, 0.05) is 24.0 Å². The van der Waals surface area contributed by atoms with Crippen molar-refractivity contribution >= 4 is 39.1 Å². The molecule has 4 rings (SSSR count). The Morgan fingerprint density at radius 2 is 1.42 bits per heavy atom. The zero-order chi connectivity index (χ0) is 32.6. The number of halogens is 1. The Kier molecular flexibility index (Phi) is 11.4. The summed E-state index contributed by atoms with van der Waals surface area (Å²) in [4.78, 5) is 30.0. The van der Waals surface area contributed by atoms with E-state index in [4.69, 9.17) is 11.6 Å². The van der Waals surface area contributed by atoms with Crippen molar-refractivity contribution in [3.05, 3.63) is 130 Å². The number of sulfonamides is 1. The first-order valence-electron chi connectivity index (χ1n) is 15.0. The molecule has 2 atom stereocenters. The quantitative estimate of drug-likeness (QED) is 0.175. The average Bonchev–Trinajstić information content (AvgIpc) is 3.02. The number of nitrogens with zero attached hydrogens (tertiary/aromatic N) is 2. The lowest BCUT2D eigenvalue weighted by atomic mass is 10.0. The summed E-state index contributed by atoms with van der Waals surface area (Å²) in [6.07, 6.45) is 0.951. The first-order chi connectivity index (χ1) is 21.5. The van der Waals surface area contributed by atoms with E-state index >= 15 is 0 Å². The fraction of sp³-hybridized carbons (Fsp3) is 0.278. The minimum atomic E-state index is -4.16. The Balaban J connectivity index is 1.80. The van der Waals surface area contributed by atoms with Gasteiger partial charge < -0.3 is 10.2 Å². The van der Waals surface area contributed by atoms with Gasteiger partial charge in [0.1, 0.15) is 12.6 Å². The van der Waals surface area contributed by atoms with Crippen LogP contribution in [-0.4, -0.2) is 43.8 Å². The maximum Gasteiger partial charge on any atom is 0.264 e. The highest BCUT2D eigenvalue weighted by molar-refractivity contribution is 7.92. The molecule has 0 aliphatic heterocycles. The molecule has 7 nitrogen and oxygen atoms in total. The van der Waals surface area contributed by atoms with Crippen molar-refractivity contribution in [3.8, 4) is 0 Å². The Morgan fingerprint density at radius 1 is 0.822 bits per heavy atom. The van der Waals surface area contributed by atoms with Crippen LogP contribution in [0.25, 0.3) is 0 Å². The van der Waals surface area contributed by atoms with Crippen LogP contribution >= 0.6 is 11.6 Å². The second-order valence-electron chi connectivity index (χ2n) is 11.3. The van der Waals surface area contributed by atoms with Crippen molar-refractivity contribution in [2.24, 2.45) is 0 Å². The van der Waals surface area contributed by atoms with Crippen LogP contribution in [0.4, 0.5) is 5.69 Å². The molecule has 236 valence electrons. The highest BCUT2D eigenvalue weighted by atomic mass is 35.5. The second-order valence-corrected chi connectivity index (χ2v) is 13.6. The summed E-state index contributed by atoms with van der Waals surface area (Å²) in [6.45, 7) is 7.21. The summed E-state index contributed by atoms with van der Waals surface area (Å²) in [6, 6.07) is 29.0. The molecule has 2 amide bonds. The summed E-state index contributed by atoms with van der Waals surface area (Å²) < 4.78 is 29.4. The molecule has 0 saturated heterocycles. The minimum absolute atomic E-state index is 0.0527. The molecule has 9 heteroatoms. The number of aryl methyl sites for hydroxylation is 2. The lowest BCUT2D eigenvalue weighted by molar-refractivity contribution is -0.140. The van der Waals surface area contributed by atoms with E-state index < -0.39 is 28.5 Å². The molecule has 2 unspecified atom stereocenters. The topological polar surface area (TPSA) is 86.8 Å². The van der Waals surface area contributed by atoms with Crippen LogP contribution in [0.1, 0.15) is 42.5 Å². The molecule has 0 saturated carbocycles. The van der Waals surface area contributed by atoms with Gasteiger partial charge >= 0.3 is 0 Å². The molecular weight excluding hydrogens is 606 g/mol. The minimum Gasteiger partial charge on any atom is -0.352 e. The summed E-state index contributed by atoms with van der Waals surface area (Å²) in [5.41, 5.74) is 3.79. The summed E-state index contributed by atoms with van der Waals surface area (Å²) in [5, 5.41) is 3.54. The predicted octanol–water partition coefficient (Wildman–Crippen LogP) is 6.71. The second kappa shape index (κ2) is 15.2. The number of anilines is 1. The van der Waals surface area contributed by atoms with Crippen LogP contribution in [0.2, 0.25) is 5.02 Å². The Labute approximate surface area is 271 Å². The van der Waals surface area contributed by atoms with E-state index in [0.29, 0.717) is 22.7 Å². The van der Waals surface area contributed by atoms with Crippen LogP contribution < -0.4 is 9.62 Å². The highest BCUT2D eigenvalue weighted by Gasteiger charge is 2.35. The molecule has 0 aliphatic rings. The Hall–Kier alpha value is -4.14. The van der Waals surface area contributed by atoms with E-state index in [1.807, 2.05) is 64.1 Å². The summed E-state index contributed by atoms with van der Waals surface area (Å²) in [5.74, 6) is -0.835. The van der Waals surface area contributed by atoms with E-state index in [0.717, 1.165) is 21.0 Å². The monoisotopic (exact) mass is 645 g/mol. The number of rotatable bonds is 13. The lowest BCUT2D eigenvalue weighted by Gasteiger charge is -2.34. The van der Waals surface area contributed by atoms with Gasteiger partial charge in [-0.1, -0.05) is 96.4 Å². The average molecular weight is 646 g/mol. The van der Waals surface area contributed by atoms with Gasteiger partial charge in [-0.2, -0.15) is 0 Å². The first-order valence-corrected chi connectivity index (χ1v) is 16.8. The number of hydrogen-bond acceptors (Lipinski definition) is 4. The zero-order valence-corrected chi connectivity index (χ0v) is 27.7. The van der Waals surface area contributed by atoms with E-state index in [1.165, 1.54) is 17.0 Å². The normalized spacial score (nSPS) is 12.6. The molecule has 0 bridgehead atoms. The largest absolute Gasteiger partial charge is 0.352 e. The molecular formula is C36H40ClN3O4S. The standard InChI is InChI=1S/C36H40ClN3O4S/c1-5-28(4)38-36(42)34(23-29-10-7-6-8-11-29)39(24-30-12-9-13-31(37)22-30)35(41)25-40(32-18-14-26(2)15-19-32)45(43,44)33-20-16-27(3)17-21-33/h6-22,28,34H,5,23-25H2,1-4H3,(H,38,42). The number of carbonyl (C=O) groups excluding carboxylic acids is 2. The number of hydrogen-bond donors (Lipinski definition) is 1. The Morgan fingerprint density at radius 3 is 2.02 bits per heavy atom. The summed E-state index contributed by atoms with van der Waals surface area (Å²) >= 11 is 6.31. The molecule has 0 heterocycles. The predicted molar refractivity (Wildman–Crippen MR) is 181 cm³/mol. The molecule has 4 aromatic carbocycles. The van der Waals surface area contributed by atoms with Gasteiger partial charge in [0.2, 0.25) is 11.8 Å². The lowest BCUT2D eigenvalue weighted by Crippen LogP contribution is -2.54. The Bertz CT molecular complexity index is 1690. The first kappa shape index (κ1) is 33.7. The number of carbonyl (C=O) groups is 2. The van der Waals surface area contributed by atoms with Gasteiger partial charge in [-0.3, -0.25) is 13.9 Å². The van der Waals surface area contributed by atoms with E-state index in [9.17, 15) is 18.0 Å². The maximum atomic E-state index is 14.5. The molecule has 0 aliphatic carbocycles. The molecule has 0 fully saturated rings. The maximum absolute atomic E-state index is 14.5. The van der Waals surface area contributed by atoms with Gasteiger partial charge in [0.15, 0.2) is 0 Å². The molecule has 0 spiro atoms.